The van der Waals surface area contributed by atoms with Gasteiger partial charge in [0, 0.05) is 17.1 Å². The number of nitrogens with one attached hydrogen (secondary N) is 1. The van der Waals surface area contributed by atoms with E-state index in [-0.39, 0.29) is 24.6 Å². The molecule has 0 radical (unpaired) electrons. The lowest BCUT2D eigenvalue weighted by Gasteiger charge is -2.11. The summed E-state index contributed by atoms with van der Waals surface area (Å²) in [5, 5.41) is 3.18. The molecule has 1 amide bonds. The van der Waals surface area contributed by atoms with E-state index in [1.54, 1.807) is 42.5 Å². The molecule has 0 fully saturated rings. The minimum Gasteiger partial charge on any atom is -0.434 e. The first-order valence-corrected chi connectivity index (χ1v) is 6.97. The van der Waals surface area contributed by atoms with Gasteiger partial charge in [-0.2, -0.15) is 8.78 Å². The molecule has 2 rings (SSSR count). The Hall–Kier alpha value is -2.14. The molecule has 0 aliphatic rings. The average Bonchev–Trinajstić information content (AvgIpc) is 2.48. The molecular weight excluding hydrogens is 312 g/mol. The molecule has 0 aliphatic carbocycles. The summed E-state index contributed by atoms with van der Waals surface area (Å²) in [6.07, 6.45) is 0.123. The van der Waals surface area contributed by atoms with Crippen LogP contribution < -0.4 is 10.1 Å². The van der Waals surface area contributed by atoms with E-state index >= 15 is 0 Å². The smallest absolute Gasteiger partial charge is 0.387 e. The Morgan fingerprint density at radius 1 is 1.09 bits per heavy atom. The molecule has 2 aromatic rings. The first-order valence-electron chi connectivity index (χ1n) is 6.59. The van der Waals surface area contributed by atoms with Gasteiger partial charge < -0.3 is 10.1 Å². The van der Waals surface area contributed by atoms with Gasteiger partial charge in [-0.25, -0.2) is 0 Å². The van der Waals surface area contributed by atoms with E-state index in [0.717, 1.165) is 0 Å². The van der Waals surface area contributed by atoms with E-state index in [4.69, 9.17) is 11.6 Å². The maximum atomic E-state index is 12.3. The molecule has 3 nitrogen and oxygen atoms in total. The van der Waals surface area contributed by atoms with Crippen LogP contribution in [0.4, 0.5) is 8.78 Å². The third-order valence-corrected chi connectivity index (χ3v) is 3.34. The molecule has 0 bridgehead atoms. The van der Waals surface area contributed by atoms with E-state index in [0.29, 0.717) is 16.1 Å². The van der Waals surface area contributed by atoms with Crippen molar-refractivity contribution in [2.45, 2.75) is 19.6 Å². The van der Waals surface area contributed by atoms with Crippen molar-refractivity contribution in [3.8, 4) is 5.75 Å². The molecule has 116 valence electrons. The van der Waals surface area contributed by atoms with Crippen molar-refractivity contribution < 1.29 is 18.3 Å². The van der Waals surface area contributed by atoms with Crippen molar-refractivity contribution in [3.63, 3.8) is 0 Å². The number of halogens is 3. The molecule has 0 spiro atoms. The van der Waals surface area contributed by atoms with Crippen molar-refractivity contribution in [1.29, 1.82) is 0 Å². The van der Waals surface area contributed by atoms with Crippen LogP contribution in [0.2, 0.25) is 5.02 Å². The van der Waals surface area contributed by atoms with E-state index in [9.17, 15) is 13.6 Å². The number of carbonyl (C=O) groups is 1. The number of alkyl halides is 2. The SMILES string of the molecule is O=C(Cc1ccccc1Cl)NCc1ccccc1OC(F)F. The number of hydrogen-bond donors (Lipinski definition) is 1. The van der Waals surface area contributed by atoms with Gasteiger partial charge in [0.1, 0.15) is 5.75 Å². The maximum absolute atomic E-state index is 12.3. The third kappa shape index (κ3) is 4.70. The molecule has 0 aromatic heterocycles. The summed E-state index contributed by atoms with van der Waals surface area (Å²) in [6.45, 7) is -2.80. The van der Waals surface area contributed by atoms with Gasteiger partial charge in [-0.1, -0.05) is 48.0 Å². The summed E-state index contributed by atoms with van der Waals surface area (Å²) in [7, 11) is 0. The standard InChI is InChI=1S/C16H14ClF2NO2/c17-13-7-3-1-5-11(13)9-15(21)20-10-12-6-2-4-8-14(12)22-16(18)19/h1-8,16H,9-10H2,(H,20,21). The third-order valence-electron chi connectivity index (χ3n) is 2.97. The van der Waals surface area contributed by atoms with Crippen molar-refractivity contribution in [3.05, 3.63) is 64.7 Å². The summed E-state index contributed by atoms with van der Waals surface area (Å²) >= 11 is 5.98. The van der Waals surface area contributed by atoms with Crippen LogP contribution in [0.25, 0.3) is 0 Å². The summed E-state index contributed by atoms with van der Waals surface area (Å²) in [4.78, 5) is 11.9. The predicted octanol–water partition coefficient (Wildman–Crippen LogP) is 3.80. The van der Waals surface area contributed by atoms with Crippen molar-refractivity contribution in [2.75, 3.05) is 0 Å². The highest BCUT2D eigenvalue weighted by atomic mass is 35.5. The molecule has 0 heterocycles. The summed E-state index contributed by atoms with van der Waals surface area (Å²) < 4.78 is 29.0. The zero-order valence-electron chi connectivity index (χ0n) is 11.6. The molecule has 2 aromatic carbocycles. The van der Waals surface area contributed by atoms with Gasteiger partial charge in [-0.05, 0) is 17.7 Å². The number of carbonyl (C=O) groups excluding carboxylic acids is 1. The van der Waals surface area contributed by atoms with Crippen molar-refractivity contribution >= 4 is 17.5 Å². The summed E-state index contributed by atoms with van der Waals surface area (Å²) in [5.41, 5.74) is 1.19. The highest BCUT2D eigenvalue weighted by Crippen LogP contribution is 2.20. The molecule has 0 atom stereocenters. The number of ether oxygens (including phenoxy) is 1. The number of para-hydroxylation sites is 1. The summed E-state index contributed by atoms with van der Waals surface area (Å²) in [6, 6.07) is 13.4. The van der Waals surface area contributed by atoms with Crippen LogP contribution in [0.3, 0.4) is 0 Å². The van der Waals surface area contributed by atoms with E-state index in [1.165, 1.54) is 6.07 Å². The second-order valence-corrected chi connectivity index (χ2v) is 4.94. The largest absolute Gasteiger partial charge is 0.434 e. The fourth-order valence-electron chi connectivity index (χ4n) is 1.93. The Kier molecular flexibility index (Phi) is 5.72. The van der Waals surface area contributed by atoms with Gasteiger partial charge in [-0.3, -0.25) is 4.79 Å². The molecule has 1 N–H and O–H groups in total. The first kappa shape index (κ1) is 16.2. The van der Waals surface area contributed by atoms with Crippen LogP contribution in [-0.2, 0) is 17.8 Å². The molecule has 0 saturated carbocycles. The first-order chi connectivity index (χ1) is 10.6. The monoisotopic (exact) mass is 325 g/mol. The minimum absolute atomic E-state index is 0.0514. The normalized spacial score (nSPS) is 10.5. The fraction of sp³-hybridized carbons (Fsp3) is 0.188. The Morgan fingerprint density at radius 2 is 1.73 bits per heavy atom. The molecule has 6 heteroatoms. The lowest BCUT2D eigenvalue weighted by molar-refractivity contribution is -0.120. The highest BCUT2D eigenvalue weighted by molar-refractivity contribution is 6.31. The van der Waals surface area contributed by atoms with Crippen LogP contribution in [0.15, 0.2) is 48.5 Å². The van der Waals surface area contributed by atoms with Crippen LogP contribution in [-0.4, -0.2) is 12.5 Å². The quantitative estimate of drug-likeness (QED) is 0.877. The Morgan fingerprint density at radius 3 is 2.41 bits per heavy atom. The van der Waals surface area contributed by atoms with Crippen LogP contribution >= 0.6 is 11.6 Å². The van der Waals surface area contributed by atoms with Gasteiger partial charge in [0.2, 0.25) is 5.91 Å². The predicted molar refractivity (Wildman–Crippen MR) is 80.1 cm³/mol. The van der Waals surface area contributed by atoms with E-state index in [1.807, 2.05) is 0 Å². The highest BCUT2D eigenvalue weighted by Gasteiger charge is 2.11. The second-order valence-electron chi connectivity index (χ2n) is 4.53. The van der Waals surface area contributed by atoms with Crippen LogP contribution in [0.1, 0.15) is 11.1 Å². The average molecular weight is 326 g/mol. The van der Waals surface area contributed by atoms with Crippen LogP contribution in [0.5, 0.6) is 5.75 Å². The van der Waals surface area contributed by atoms with Gasteiger partial charge in [0.15, 0.2) is 0 Å². The molecular formula is C16H14ClF2NO2. The Labute approximate surface area is 131 Å². The minimum atomic E-state index is -2.90. The number of amides is 1. The molecule has 22 heavy (non-hydrogen) atoms. The van der Waals surface area contributed by atoms with Crippen molar-refractivity contribution in [2.24, 2.45) is 0 Å². The molecule has 0 aliphatic heterocycles. The lowest BCUT2D eigenvalue weighted by atomic mass is 10.1. The van der Waals surface area contributed by atoms with Gasteiger partial charge in [-0.15, -0.1) is 0 Å². The van der Waals surface area contributed by atoms with Crippen LogP contribution in [0, 0.1) is 0 Å². The van der Waals surface area contributed by atoms with Crippen molar-refractivity contribution in [1.82, 2.24) is 5.32 Å². The topological polar surface area (TPSA) is 38.3 Å². The summed E-state index contributed by atoms with van der Waals surface area (Å²) in [5.74, 6) is -0.199. The Bertz CT molecular complexity index is 650. The van der Waals surface area contributed by atoms with Gasteiger partial charge in [0.05, 0.1) is 6.42 Å². The number of benzene rings is 2. The maximum Gasteiger partial charge on any atom is 0.387 e. The zero-order chi connectivity index (χ0) is 15.9. The lowest BCUT2D eigenvalue weighted by Crippen LogP contribution is -2.25. The van der Waals surface area contributed by atoms with E-state index < -0.39 is 6.61 Å². The second kappa shape index (κ2) is 7.75. The number of hydrogen-bond acceptors (Lipinski definition) is 2. The Balaban J connectivity index is 1.95. The number of rotatable bonds is 6. The fourth-order valence-corrected chi connectivity index (χ4v) is 2.13. The molecule has 0 unspecified atom stereocenters. The molecule has 0 saturated heterocycles. The van der Waals surface area contributed by atoms with E-state index in [2.05, 4.69) is 10.1 Å². The zero-order valence-corrected chi connectivity index (χ0v) is 12.3. The van der Waals surface area contributed by atoms with Gasteiger partial charge >= 0.3 is 6.61 Å². The van der Waals surface area contributed by atoms with Gasteiger partial charge in [0.25, 0.3) is 0 Å².